The highest BCUT2D eigenvalue weighted by molar-refractivity contribution is 6.30. The first-order chi connectivity index (χ1) is 12.1. The van der Waals surface area contributed by atoms with E-state index < -0.39 is 0 Å². The van der Waals surface area contributed by atoms with Crippen molar-refractivity contribution in [2.45, 2.75) is 32.4 Å². The molecule has 0 amide bonds. The smallest absolute Gasteiger partial charge is 0.245 e. The van der Waals surface area contributed by atoms with E-state index in [4.69, 9.17) is 16.1 Å². The predicted octanol–water partition coefficient (Wildman–Crippen LogP) is 4.29. The van der Waals surface area contributed by atoms with Crippen molar-refractivity contribution in [1.29, 1.82) is 0 Å². The maximum absolute atomic E-state index is 5.92. The van der Waals surface area contributed by atoms with Gasteiger partial charge in [0.25, 0.3) is 0 Å². The molecule has 1 aliphatic rings. The molecule has 2 aromatic carbocycles. The van der Waals surface area contributed by atoms with E-state index in [1.54, 1.807) is 0 Å². The molecule has 0 aliphatic carbocycles. The average molecular weight is 355 g/mol. The number of hydrazine groups is 1. The van der Waals surface area contributed by atoms with Crippen LogP contribution in [0.1, 0.15) is 41.1 Å². The van der Waals surface area contributed by atoms with Crippen molar-refractivity contribution in [1.82, 2.24) is 21.0 Å². The topological polar surface area (TPSA) is 63.0 Å². The summed E-state index contributed by atoms with van der Waals surface area (Å²) in [5.41, 5.74) is 11.3. The molecule has 0 bridgehead atoms. The number of aryl methyl sites for hydroxylation is 2. The van der Waals surface area contributed by atoms with Crippen molar-refractivity contribution in [3.63, 3.8) is 0 Å². The zero-order valence-electron chi connectivity index (χ0n) is 14.1. The van der Waals surface area contributed by atoms with Crippen LogP contribution in [0.4, 0.5) is 0 Å². The predicted molar refractivity (Wildman–Crippen MR) is 97.0 cm³/mol. The molecular formula is C19H19ClN4O. The Bertz CT molecular complexity index is 891. The van der Waals surface area contributed by atoms with Gasteiger partial charge in [-0.3, -0.25) is 0 Å². The second-order valence-corrected chi connectivity index (χ2v) is 6.89. The van der Waals surface area contributed by atoms with Gasteiger partial charge in [-0.25, -0.2) is 10.9 Å². The Balaban J connectivity index is 1.51. The Morgan fingerprint density at radius 1 is 1.04 bits per heavy atom. The van der Waals surface area contributed by atoms with Crippen LogP contribution in [0.3, 0.4) is 0 Å². The first-order valence-electron chi connectivity index (χ1n) is 8.28. The summed E-state index contributed by atoms with van der Waals surface area (Å²) >= 11 is 5.92. The highest BCUT2D eigenvalue weighted by Gasteiger charge is 2.31. The zero-order valence-corrected chi connectivity index (χ0v) is 14.8. The highest BCUT2D eigenvalue weighted by Crippen LogP contribution is 2.32. The first-order valence-corrected chi connectivity index (χ1v) is 8.66. The molecule has 6 heteroatoms. The van der Waals surface area contributed by atoms with Crippen molar-refractivity contribution in [3.05, 3.63) is 70.1 Å². The molecule has 2 heterocycles. The van der Waals surface area contributed by atoms with Gasteiger partial charge < -0.3 is 4.52 Å². The van der Waals surface area contributed by atoms with Gasteiger partial charge in [-0.05, 0) is 55.7 Å². The summed E-state index contributed by atoms with van der Waals surface area (Å²) in [6.45, 7) is 4.25. The molecule has 25 heavy (non-hydrogen) atoms. The monoisotopic (exact) mass is 354 g/mol. The van der Waals surface area contributed by atoms with E-state index >= 15 is 0 Å². The summed E-state index contributed by atoms with van der Waals surface area (Å²) in [7, 11) is 0. The third-order valence-electron chi connectivity index (χ3n) is 4.55. The zero-order chi connectivity index (χ0) is 17.4. The van der Waals surface area contributed by atoms with Gasteiger partial charge in [0, 0.05) is 16.6 Å². The Hall–Kier alpha value is -2.21. The number of halogens is 1. The van der Waals surface area contributed by atoms with Crippen LogP contribution in [0, 0.1) is 13.8 Å². The van der Waals surface area contributed by atoms with E-state index in [1.807, 2.05) is 24.3 Å². The van der Waals surface area contributed by atoms with Crippen LogP contribution in [-0.4, -0.2) is 10.1 Å². The summed E-state index contributed by atoms with van der Waals surface area (Å²) in [6.07, 6.45) is 0.853. The third-order valence-corrected chi connectivity index (χ3v) is 4.80. The molecule has 1 saturated heterocycles. The van der Waals surface area contributed by atoms with Crippen LogP contribution in [-0.2, 0) is 0 Å². The van der Waals surface area contributed by atoms with Crippen molar-refractivity contribution in [3.8, 4) is 11.4 Å². The fourth-order valence-electron chi connectivity index (χ4n) is 3.23. The molecule has 2 atom stereocenters. The maximum Gasteiger partial charge on any atom is 0.245 e. The molecule has 1 aliphatic heterocycles. The summed E-state index contributed by atoms with van der Waals surface area (Å²) in [4.78, 5) is 4.53. The van der Waals surface area contributed by atoms with Gasteiger partial charge in [-0.15, -0.1) is 0 Å². The Kier molecular flexibility index (Phi) is 4.29. The van der Waals surface area contributed by atoms with Gasteiger partial charge in [-0.2, -0.15) is 4.98 Å². The normalized spacial score (nSPS) is 20.1. The minimum Gasteiger partial charge on any atom is -0.337 e. The fraction of sp³-hybridized carbons (Fsp3) is 0.263. The second-order valence-electron chi connectivity index (χ2n) is 6.45. The summed E-state index contributed by atoms with van der Waals surface area (Å²) in [5.74, 6) is 1.16. The van der Waals surface area contributed by atoms with Crippen LogP contribution < -0.4 is 10.9 Å². The lowest BCUT2D eigenvalue weighted by Gasteiger charge is -2.13. The van der Waals surface area contributed by atoms with E-state index in [0.29, 0.717) is 16.7 Å². The Morgan fingerprint density at radius 3 is 2.56 bits per heavy atom. The number of nitrogens with zero attached hydrogens (tertiary/aromatic N) is 2. The highest BCUT2D eigenvalue weighted by atomic mass is 35.5. The maximum atomic E-state index is 5.92. The number of benzene rings is 2. The minimum atomic E-state index is -0.0146. The van der Waals surface area contributed by atoms with Crippen molar-refractivity contribution < 1.29 is 4.52 Å². The summed E-state index contributed by atoms with van der Waals surface area (Å²) in [5, 5.41) is 4.78. The van der Waals surface area contributed by atoms with Gasteiger partial charge >= 0.3 is 0 Å². The molecule has 4 rings (SSSR count). The van der Waals surface area contributed by atoms with Crippen LogP contribution >= 0.6 is 11.6 Å². The molecule has 0 spiro atoms. The molecule has 2 unspecified atom stereocenters. The van der Waals surface area contributed by atoms with Crippen LogP contribution in [0.25, 0.3) is 11.4 Å². The van der Waals surface area contributed by atoms with E-state index in [2.05, 4.69) is 53.0 Å². The van der Waals surface area contributed by atoms with Gasteiger partial charge in [0.1, 0.15) is 6.04 Å². The molecule has 5 nitrogen and oxygen atoms in total. The van der Waals surface area contributed by atoms with Crippen LogP contribution in [0.15, 0.2) is 47.0 Å². The number of rotatable bonds is 3. The Labute approximate surface area is 151 Å². The van der Waals surface area contributed by atoms with Crippen LogP contribution in [0.2, 0.25) is 5.02 Å². The van der Waals surface area contributed by atoms with Gasteiger partial charge in [0.2, 0.25) is 11.7 Å². The lowest BCUT2D eigenvalue weighted by atomic mass is 9.96. The standard InChI is InChI=1S/C19H19ClN4O/c1-11-3-8-15(12(2)9-11)16-10-17(23-22-16)19-21-18(24-25-19)13-4-6-14(20)7-5-13/h3-9,16-17,22-23H,10H2,1-2H3. The fourth-order valence-corrected chi connectivity index (χ4v) is 3.36. The van der Waals surface area contributed by atoms with E-state index in [1.165, 1.54) is 16.7 Å². The van der Waals surface area contributed by atoms with E-state index in [-0.39, 0.29) is 12.1 Å². The van der Waals surface area contributed by atoms with Gasteiger partial charge in [-0.1, -0.05) is 40.5 Å². The summed E-state index contributed by atoms with van der Waals surface area (Å²) < 4.78 is 5.47. The van der Waals surface area contributed by atoms with Crippen molar-refractivity contribution in [2.75, 3.05) is 0 Å². The minimum absolute atomic E-state index is 0.0146. The molecule has 0 saturated carbocycles. The summed E-state index contributed by atoms with van der Waals surface area (Å²) in [6, 6.07) is 14.1. The molecule has 1 fully saturated rings. The van der Waals surface area contributed by atoms with Gasteiger partial charge in [0.15, 0.2) is 0 Å². The average Bonchev–Trinajstić information content (AvgIpc) is 3.24. The molecular weight excluding hydrogens is 336 g/mol. The van der Waals surface area contributed by atoms with Crippen LogP contribution in [0.5, 0.6) is 0 Å². The van der Waals surface area contributed by atoms with Crippen molar-refractivity contribution in [2.24, 2.45) is 0 Å². The van der Waals surface area contributed by atoms with E-state index in [0.717, 1.165) is 12.0 Å². The molecule has 3 aromatic rings. The van der Waals surface area contributed by atoms with Crippen molar-refractivity contribution >= 4 is 11.6 Å². The number of aromatic nitrogens is 2. The van der Waals surface area contributed by atoms with Gasteiger partial charge in [0.05, 0.1) is 0 Å². The third kappa shape index (κ3) is 3.31. The first kappa shape index (κ1) is 16.3. The number of nitrogens with one attached hydrogen (secondary N) is 2. The quantitative estimate of drug-likeness (QED) is 0.734. The van der Waals surface area contributed by atoms with E-state index in [9.17, 15) is 0 Å². The number of hydrogen-bond donors (Lipinski definition) is 2. The lowest BCUT2D eigenvalue weighted by molar-refractivity contribution is 0.340. The molecule has 1 aromatic heterocycles. The Morgan fingerprint density at radius 2 is 1.80 bits per heavy atom. The molecule has 0 radical (unpaired) electrons. The lowest BCUT2D eigenvalue weighted by Crippen LogP contribution is -2.27. The number of hydrogen-bond acceptors (Lipinski definition) is 5. The second kappa shape index (κ2) is 6.59. The largest absolute Gasteiger partial charge is 0.337 e. The molecule has 2 N–H and O–H groups in total. The SMILES string of the molecule is Cc1ccc(C2CC(c3nc(-c4ccc(Cl)cc4)no3)NN2)c(C)c1. The molecule has 128 valence electrons.